The van der Waals surface area contributed by atoms with Gasteiger partial charge in [0, 0.05) is 12.2 Å². The molecule has 7 heteroatoms. The number of aryl methyl sites for hydroxylation is 2. The van der Waals surface area contributed by atoms with E-state index < -0.39 is 0 Å². The lowest BCUT2D eigenvalue weighted by atomic mass is 10.1. The predicted molar refractivity (Wildman–Crippen MR) is 113 cm³/mol. The van der Waals surface area contributed by atoms with E-state index in [0.29, 0.717) is 18.0 Å². The molecule has 150 valence electrons. The van der Waals surface area contributed by atoms with Crippen molar-refractivity contribution in [3.05, 3.63) is 53.1 Å². The van der Waals surface area contributed by atoms with E-state index in [2.05, 4.69) is 10.6 Å². The molecule has 0 saturated heterocycles. The van der Waals surface area contributed by atoms with Crippen molar-refractivity contribution in [3.63, 3.8) is 0 Å². The standard InChI is InChI=1S/C21H26N2O4S/c1-14-5-7-17(15(2)9-14)23-21(25)13-28-12-20(24)22-11-16-6-8-18(26-3)19(10-16)27-4/h5-10H,11-13H2,1-4H3,(H,22,24)(H,23,25). The third kappa shape index (κ3) is 6.49. The van der Waals surface area contributed by atoms with Crippen molar-refractivity contribution < 1.29 is 19.1 Å². The Kier molecular flexibility index (Phi) is 8.19. The fraction of sp³-hybridized carbons (Fsp3) is 0.333. The molecule has 0 aliphatic heterocycles. The molecule has 2 amide bonds. The van der Waals surface area contributed by atoms with Gasteiger partial charge in [-0.05, 0) is 43.2 Å². The van der Waals surface area contributed by atoms with Crippen LogP contribution in [0.1, 0.15) is 16.7 Å². The van der Waals surface area contributed by atoms with E-state index in [-0.39, 0.29) is 23.3 Å². The zero-order valence-electron chi connectivity index (χ0n) is 16.6. The van der Waals surface area contributed by atoms with Crippen LogP contribution in [-0.2, 0) is 16.1 Å². The number of methoxy groups -OCH3 is 2. The Bertz CT molecular complexity index is 839. The van der Waals surface area contributed by atoms with Crippen LogP contribution in [0, 0.1) is 13.8 Å². The summed E-state index contributed by atoms with van der Waals surface area (Å²) in [5, 5.41) is 5.71. The number of anilines is 1. The molecular formula is C21H26N2O4S. The Morgan fingerprint density at radius 1 is 0.929 bits per heavy atom. The maximum absolute atomic E-state index is 12.1. The van der Waals surface area contributed by atoms with Gasteiger partial charge in [-0.15, -0.1) is 11.8 Å². The number of amides is 2. The normalized spacial score (nSPS) is 10.3. The van der Waals surface area contributed by atoms with E-state index in [9.17, 15) is 9.59 Å². The van der Waals surface area contributed by atoms with Crippen molar-refractivity contribution in [2.75, 3.05) is 31.0 Å². The van der Waals surface area contributed by atoms with Gasteiger partial charge in [0.25, 0.3) is 0 Å². The monoisotopic (exact) mass is 402 g/mol. The van der Waals surface area contributed by atoms with Crippen LogP contribution in [0.15, 0.2) is 36.4 Å². The molecule has 0 aromatic heterocycles. The van der Waals surface area contributed by atoms with Crippen LogP contribution in [0.5, 0.6) is 11.5 Å². The van der Waals surface area contributed by atoms with E-state index in [4.69, 9.17) is 9.47 Å². The number of benzene rings is 2. The van der Waals surface area contributed by atoms with Crippen LogP contribution in [0.25, 0.3) is 0 Å². The van der Waals surface area contributed by atoms with Gasteiger partial charge in [-0.1, -0.05) is 23.8 Å². The average Bonchev–Trinajstić information content (AvgIpc) is 2.68. The average molecular weight is 403 g/mol. The minimum atomic E-state index is -0.126. The van der Waals surface area contributed by atoms with Gasteiger partial charge in [-0.25, -0.2) is 0 Å². The third-order valence-electron chi connectivity index (χ3n) is 4.06. The first-order chi connectivity index (χ1) is 13.4. The zero-order chi connectivity index (χ0) is 20.5. The molecule has 0 aliphatic carbocycles. The lowest BCUT2D eigenvalue weighted by molar-refractivity contribution is -0.118. The summed E-state index contributed by atoms with van der Waals surface area (Å²) in [6.07, 6.45) is 0. The predicted octanol–water partition coefficient (Wildman–Crippen LogP) is 3.31. The van der Waals surface area contributed by atoms with Gasteiger partial charge in [-0.3, -0.25) is 9.59 Å². The highest BCUT2D eigenvalue weighted by Gasteiger charge is 2.09. The van der Waals surface area contributed by atoms with Crippen molar-refractivity contribution in [3.8, 4) is 11.5 Å². The third-order valence-corrected chi connectivity index (χ3v) is 4.99. The molecule has 2 aromatic rings. The van der Waals surface area contributed by atoms with Gasteiger partial charge in [0.15, 0.2) is 11.5 Å². The summed E-state index contributed by atoms with van der Waals surface area (Å²) >= 11 is 1.28. The second-order valence-corrected chi connectivity index (χ2v) is 7.31. The van der Waals surface area contributed by atoms with E-state index in [1.807, 2.05) is 44.2 Å². The largest absolute Gasteiger partial charge is 0.493 e. The first kappa shape index (κ1) is 21.6. The molecule has 0 unspecified atom stereocenters. The van der Waals surface area contributed by atoms with E-state index in [1.165, 1.54) is 11.8 Å². The molecule has 0 radical (unpaired) electrons. The van der Waals surface area contributed by atoms with Crippen molar-refractivity contribution in [1.82, 2.24) is 5.32 Å². The molecule has 0 spiro atoms. The maximum atomic E-state index is 12.1. The molecule has 0 heterocycles. The molecule has 0 fully saturated rings. The van der Waals surface area contributed by atoms with Gasteiger partial charge in [0.05, 0.1) is 25.7 Å². The Morgan fingerprint density at radius 3 is 2.32 bits per heavy atom. The number of carbonyl (C=O) groups is 2. The molecular weight excluding hydrogens is 376 g/mol. The van der Waals surface area contributed by atoms with Gasteiger partial charge in [0.1, 0.15) is 0 Å². The Balaban J connectivity index is 1.73. The van der Waals surface area contributed by atoms with Crippen molar-refractivity contribution in [1.29, 1.82) is 0 Å². The summed E-state index contributed by atoms with van der Waals surface area (Å²) in [6.45, 7) is 4.35. The molecule has 28 heavy (non-hydrogen) atoms. The number of carbonyl (C=O) groups excluding carboxylic acids is 2. The minimum Gasteiger partial charge on any atom is -0.493 e. The number of thioether (sulfide) groups is 1. The second kappa shape index (κ2) is 10.6. The molecule has 2 rings (SSSR count). The summed E-state index contributed by atoms with van der Waals surface area (Å²) in [5.74, 6) is 1.45. The highest BCUT2D eigenvalue weighted by atomic mass is 32.2. The van der Waals surface area contributed by atoms with Crippen LogP contribution < -0.4 is 20.1 Å². The lowest BCUT2D eigenvalue weighted by Gasteiger charge is -2.11. The second-order valence-electron chi connectivity index (χ2n) is 6.33. The molecule has 6 nitrogen and oxygen atoms in total. The van der Waals surface area contributed by atoms with E-state index in [0.717, 1.165) is 22.4 Å². The summed E-state index contributed by atoms with van der Waals surface area (Å²) in [5.41, 5.74) is 3.87. The van der Waals surface area contributed by atoms with Crippen molar-refractivity contribution in [2.24, 2.45) is 0 Å². The van der Waals surface area contributed by atoms with Crippen molar-refractivity contribution >= 4 is 29.3 Å². The minimum absolute atomic E-state index is 0.121. The molecule has 0 atom stereocenters. The fourth-order valence-electron chi connectivity index (χ4n) is 2.62. The number of nitrogens with one attached hydrogen (secondary N) is 2. The van der Waals surface area contributed by atoms with Crippen LogP contribution in [-0.4, -0.2) is 37.5 Å². The highest BCUT2D eigenvalue weighted by molar-refractivity contribution is 8.00. The smallest absolute Gasteiger partial charge is 0.234 e. The van der Waals surface area contributed by atoms with Crippen LogP contribution >= 0.6 is 11.8 Å². The Hall–Kier alpha value is -2.67. The topological polar surface area (TPSA) is 76.7 Å². The molecule has 2 aromatic carbocycles. The summed E-state index contributed by atoms with van der Waals surface area (Å²) in [6, 6.07) is 11.4. The van der Waals surface area contributed by atoms with E-state index >= 15 is 0 Å². The Morgan fingerprint density at radius 2 is 1.64 bits per heavy atom. The van der Waals surface area contributed by atoms with Crippen LogP contribution in [0.4, 0.5) is 5.69 Å². The van der Waals surface area contributed by atoms with Gasteiger partial charge >= 0.3 is 0 Å². The van der Waals surface area contributed by atoms with Crippen molar-refractivity contribution in [2.45, 2.75) is 20.4 Å². The number of ether oxygens (including phenoxy) is 2. The summed E-state index contributed by atoms with van der Waals surface area (Å²) in [4.78, 5) is 24.1. The lowest BCUT2D eigenvalue weighted by Crippen LogP contribution is -2.25. The quantitative estimate of drug-likeness (QED) is 0.673. The zero-order valence-corrected chi connectivity index (χ0v) is 17.4. The van der Waals surface area contributed by atoms with Crippen LogP contribution in [0.2, 0.25) is 0 Å². The van der Waals surface area contributed by atoms with Gasteiger partial charge < -0.3 is 20.1 Å². The highest BCUT2D eigenvalue weighted by Crippen LogP contribution is 2.27. The molecule has 0 bridgehead atoms. The summed E-state index contributed by atoms with van der Waals surface area (Å²) < 4.78 is 10.4. The number of hydrogen-bond donors (Lipinski definition) is 2. The van der Waals surface area contributed by atoms with E-state index in [1.54, 1.807) is 20.3 Å². The number of hydrogen-bond acceptors (Lipinski definition) is 5. The molecule has 2 N–H and O–H groups in total. The Labute approximate surface area is 170 Å². The number of rotatable bonds is 9. The van der Waals surface area contributed by atoms with Gasteiger partial charge in [-0.2, -0.15) is 0 Å². The SMILES string of the molecule is COc1ccc(CNC(=O)CSCC(=O)Nc2ccc(C)cc2C)cc1OC. The van der Waals surface area contributed by atoms with Crippen LogP contribution in [0.3, 0.4) is 0 Å². The molecule has 0 aliphatic rings. The maximum Gasteiger partial charge on any atom is 0.234 e. The fourth-order valence-corrected chi connectivity index (χ4v) is 3.27. The molecule has 0 saturated carbocycles. The summed E-state index contributed by atoms with van der Waals surface area (Å²) in [7, 11) is 3.15. The first-order valence-corrected chi connectivity index (χ1v) is 10.0. The first-order valence-electron chi connectivity index (χ1n) is 8.85. The van der Waals surface area contributed by atoms with Gasteiger partial charge in [0.2, 0.25) is 11.8 Å².